The topological polar surface area (TPSA) is 105 Å². The smallest absolute Gasteiger partial charge is 0.408 e. The summed E-state index contributed by atoms with van der Waals surface area (Å²) < 4.78 is 9.90. The Bertz CT molecular complexity index is 710. The van der Waals surface area contributed by atoms with Crippen LogP contribution in [0.5, 0.6) is 5.75 Å². The number of hydrogen-bond acceptors (Lipinski definition) is 6. The third-order valence-electron chi connectivity index (χ3n) is 3.90. The third-order valence-corrected chi connectivity index (χ3v) is 3.90. The maximum absolute atomic E-state index is 12.6. The van der Waals surface area contributed by atoms with Crippen molar-refractivity contribution in [3.8, 4) is 5.75 Å². The molecule has 8 nitrogen and oxygen atoms in total. The van der Waals surface area contributed by atoms with Gasteiger partial charge in [-0.25, -0.2) is 9.59 Å². The number of aromatic hydroxyl groups is 1. The molecule has 142 valence electrons. The predicted molar refractivity (Wildman–Crippen MR) is 92.4 cm³/mol. The van der Waals surface area contributed by atoms with Crippen LogP contribution in [0.15, 0.2) is 18.2 Å². The zero-order chi connectivity index (χ0) is 19.5. The van der Waals surface area contributed by atoms with Crippen LogP contribution in [-0.2, 0) is 32.0 Å². The van der Waals surface area contributed by atoms with Gasteiger partial charge in [0.25, 0.3) is 0 Å². The van der Waals surface area contributed by atoms with Crippen molar-refractivity contribution in [3.05, 3.63) is 29.3 Å². The minimum atomic E-state index is -0.787. The number of methoxy groups -OCH3 is 1. The second-order valence-corrected chi connectivity index (χ2v) is 7.07. The number of fused-ring (bicyclic) bond motifs is 1. The molecule has 0 radical (unpaired) electrons. The monoisotopic (exact) mass is 364 g/mol. The molecule has 0 aliphatic carbocycles. The average molecular weight is 364 g/mol. The highest BCUT2D eigenvalue weighted by Gasteiger charge is 2.35. The summed E-state index contributed by atoms with van der Waals surface area (Å²) in [5, 5.41) is 12.0. The molecule has 1 atom stereocenters. The van der Waals surface area contributed by atoms with E-state index in [0.29, 0.717) is 0 Å². The van der Waals surface area contributed by atoms with Crippen LogP contribution in [0.2, 0.25) is 0 Å². The molecule has 1 aromatic carbocycles. The molecule has 26 heavy (non-hydrogen) atoms. The van der Waals surface area contributed by atoms with Gasteiger partial charge in [-0.05, 0) is 44.0 Å². The summed E-state index contributed by atoms with van der Waals surface area (Å²) in [7, 11) is 1.26. The largest absolute Gasteiger partial charge is 0.508 e. The first-order chi connectivity index (χ1) is 12.1. The lowest BCUT2D eigenvalue weighted by atomic mass is 9.93. The molecule has 1 heterocycles. The number of ether oxygens (including phenoxy) is 2. The number of carbonyl (C=O) groups is 3. The van der Waals surface area contributed by atoms with Crippen molar-refractivity contribution in [2.24, 2.45) is 0 Å². The first kappa shape index (κ1) is 19.6. The molecule has 0 aromatic heterocycles. The molecule has 0 saturated carbocycles. The van der Waals surface area contributed by atoms with Gasteiger partial charge >= 0.3 is 12.1 Å². The van der Waals surface area contributed by atoms with Gasteiger partial charge in [0.1, 0.15) is 23.9 Å². The number of phenolic OH excluding ortho intramolecular Hbond substituents is 1. The van der Waals surface area contributed by atoms with Gasteiger partial charge in [-0.1, -0.05) is 6.07 Å². The zero-order valence-electron chi connectivity index (χ0n) is 15.4. The first-order valence-electron chi connectivity index (χ1n) is 8.25. The summed E-state index contributed by atoms with van der Waals surface area (Å²) in [6.45, 7) is 4.98. The van der Waals surface area contributed by atoms with Crippen molar-refractivity contribution in [1.29, 1.82) is 0 Å². The lowest BCUT2D eigenvalue weighted by Crippen LogP contribution is -2.52. The number of nitrogens with one attached hydrogen (secondary N) is 1. The van der Waals surface area contributed by atoms with Crippen LogP contribution in [0.3, 0.4) is 0 Å². The summed E-state index contributed by atoms with van der Waals surface area (Å²) in [5.41, 5.74) is 0.932. The van der Waals surface area contributed by atoms with Crippen LogP contribution in [0.25, 0.3) is 0 Å². The number of carbonyl (C=O) groups excluding carboxylic acids is 3. The van der Waals surface area contributed by atoms with Crippen LogP contribution in [-0.4, -0.2) is 53.3 Å². The van der Waals surface area contributed by atoms with Crippen molar-refractivity contribution in [1.82, 2.24) is 10.2 Å². The number of nitrogens with zero attached hydrogens (tertiary/aromatic N) is 1. The number of alkyl carbamates (subject to hydrolysis) is 1. The molecule has 0 spiro atoms. The van der Waals surface area contributed by atoms with Crippen molar-refractivity contribution in [2.45, 2.75) is 45.4 Å². The maximum Gasteiger partial charge on any atom is 0.408 e. The number of rotatable bonds is 3. The molecular weight excluding hydrogens is 340 g/mol. The van der Waals surface area contributed by atoms with Gasteiger partial charge in [-0.15, -0.1) is 0 Å². The number of hydrogen-bond donors (Lipinski definition) is 2. The Morgan fingerprint density at radius 3 is 2.58 bits per heavy atom. The highest BCUT2D eigenvalue weighted by Crippen LogP contribution is 2.27. The fourth-order valence-corrected chi connectivity index (χ4v) is 2.74. The SMILES string of the molecule is COC(=O)[C@@H]1Cc2ccc(O)cc2CN1C(=O)CNC(=O)OC(C)(C)C. The van der Waals surface area contributed by atoms with E-state index in [-0.39, 0.29) is 25.3 Å². The molecule has 0 saturated heterocycles. The summed E-state index contributed by atoms with van der Waals surface area (Å²) in [4.78, 5) is 37.8. The van der Waals surface area contributed by atoms with Crippen LogP contribution < -0.4 is 5.32 Å². The van der Waals surface area contributed by atoms with Crippen molar-refractivity contribution < 1.29 is 29.0 Å². The molecule has 2 amide bonds. The highest BCUT2D eigenvalue weighted by molar-refractivity contribution is 5.88. The standard InChI is InChI=1S/C18H24N2O6/c1-18(2,3)26-17(24)19-9-15(22)20-10-12-7-13(21)6-5-11(12)8-14(20)16(23)25-4/h5-7,14,21H,8-10H2,1-4H3,(H,19,24)/t14-/m0/s1. The maximum atomic E-state index is 12.6. The van der Waals surface area contributed by atoms with E-state index in [4.69, 9.17) is 9.47 Å². The Morgan fingerprint density at radius 2 is 1.96 bits per heavy atom. The minimum absolute atomic E-state index is 0.0829. The van der Waals surface area contributed by atoms with Crippen LogP contribution in [0, 0.1) is 0 Å². The normalized spacial score (nSPS) is 16.5. The van der Waals surface area contributed by atoms with Gasteiger partial charge in [-0.2, -0.15) is 0 Å². The molecule has 1 aliphatic rings. The average Bonchev–Trinajstić information content (AvgIpc) is 2.56. The van der Waals surface area contributed by atoms with E-state index >= 15 is 0 Å². The number of esters is 1. The molecule has 2 rings (SSSR count). The second-order valence-electron chi connectivity index (χ2n) is 7.07. The molecule has 0 unspecified atom stereocenters. The third kappa shape index (κ3) is 4.87. The summed E-state index contributed by atoms with van der Waals surface area (Å²) in [6, 6.07) is 4.03. The van der Waals surface area contributed by atoms with Crippen molar-refractivity contribution in [2.75, 3.05) is 13.7 Å². The fraction of sp³-hybridized carbons (Fsp3) is 0.500. The molecule has 1 aromatic rings. The number of phenols is 1. The minimum Gasteiger partial charge on any atom is -0.508 e. The molecule has 1 aliphatic heterocycles. The Hall–Kier alpha value is -2.77. The first-order valence-corrected chi connectivity index (χ1v) is 8.25. The van der Waals surface area contributed by atoms with Gasteiger partial charge in [0, 0.05) is 13.0 Å². The van der Waals surface area contributed by atoms with Crippen LogP contribution in [0.1, 0.15) is 31.9 Å². The van der Waals surface area contributed by atoms with Gasteiger partial charge < -0.3 is 24.8 Å². The number of amides is 2. The van der Waals surface area contributed by atoms with E-state index in [1.165, 1.54) is 18.1 Å². The summed E-state index contributed by atoms with van der Waals surface area (Å²) >= 11 is 0. The van der Waals surface area contributed by atoms with Crippen molar-refractivity contribution >= 4 is 18.0 Å². The molecular formula is C18H24N2O6. The highest BCUT2D eigenvalue weighted by atomic mass is 16.6. The van der Waals surface area contributed by atoms with Gasteiger partial charge in [-0.3, -0.25) is 4.79 Å². The van der Waals surface area contributed by atoms with E-state index in [1.807, 2.05) is 0 Å². The lowest BCUT2D eigenvalue weighted by Gasteiger charge is -2.35. The molecule has 0 fully saturated rings. The summed E-state index contributed by atoms with van der Waals surface area (Å²) in [5.74, 6) is -0.894. The molecule has 2 N–H and O–H groups in total. The van der Waals surface area contributed by atoms with E-state index in [2.05, 4.69) is 5.32 Å². The summed E-state index contributed by atoms with van der Waals surface area (Å²) in [6.07, 6.45) is -0.434. The Balaban J connectivity index is 2.12. The van der Waals surface area contributed by atoms with E-state index in [9.17, 15) is 19.5 Å². The Morgan fingerprint density at radius 1 is 1.27 bits per heavy atom. The molecule has 0 bridgehead atoms. The lowest BCUT2D eigenvalue weighted by molar-refractivity contribution is -0.153. The quantitative estimate of drug-likeness (QED) is 0.784. The fourth-order valence-electron chi connectivity index (χ4n) is 2.74. The predicted octanol–water partition coefficient (Wildman–Crippen LogP) is 1.34. The van der Waals surface area contributed by atoms with Crippen LogP contribution in [0.4, 0.5) is 4.79 Å². The second kappa shape index (κ2) is 7.63. The van der Waals surface area contributed by atoms with Crippen LogP contribution >= 0.6 is 0 Å². The van der Waals surface area contributed by atoms with Gasteiger partial charge in [0.2, 0.25) is 5.91 Å². The van der Waals surface area contributed by atoms with E-state index < -0.39 is 29.6 Å². The Labute approximate surface area is 152 Å². The Kier molecular flexibility index (Phi) is 5.74. The van der Waals surface area contributed by atoms with E-state index in [0.717, 1.165) is 11.1 Å². The molecule has 8 heteroatoms. The number of benzene rings is 1. The van der Waals surface area contributed by atoms with Gasteiger partial charge in [0.05, 0.1) is 7.11 Å². The van der Waals surface area contributed by atoms with Crippen molar-refractivity contribution in [3.63, 3.8) is 0 Å². The van der Waals surface area contributed by atoms with E-state index in [1.54, 1.807) is 32.9 Å². The van der Waals surface area contributed by atoms with Gasteiger partial charge in [0.15, 0.2) is 0 Å². The zero-order valence-corrected chi connectivity index (χ0v) is 15.4.